The molecule has 0 radical (unpaired) electrons. The molecule has 0 amide bonds. The van der Waals surface area contributed by atoms with Gasteiger partial charge in [-0.15, -0.1) is 0 Å². The Balaban J connectivity index is 1.84. The molecular weight excluding hydrogens is 212 g/mol. The second-order valence-electron chi connectivity index (χ2n) is 5.81. The summed E-state index contributed by atoms with van der Waals surface area (Å²) < 4.78 is 5.78. The van der Waals surface area contributed by atoms with Crippen LogP contribution in [0.4, 0.5) is 0 Å². The molecule has 4 unspecified atom stereocenters. The minimum atomic E-state index is 0.232. The lowest BCUT2D eigenvalue weighted by Crippen LogP contribution is -2.46. The van der Waals surface area contributed by atoms with E-state index in [2.05, 4.69) is 25.2 Å². The van der Waals surface area contributed by atoms with Crippen molar-refractivity contribution >= 4 is 0 Å². The van der Waals surface area contributed by atoms with Crippen molar-refractivity contribution in [3.8, 4) is 6.07 Å². The summed E-state index contributed by atoms with van der Waals surface area (Å²) in [6.45, 7) is 5.31. The highest BCUT2D eigenvalue weighted by atomic mass is 16.5. The highest BCUT2D eigenvalue weighted by Gasteiger charge is 2.31. The summed E-state index contributed by atoms with van der Waals surface area (Å²) in [7, 11) is 0. The van der Waals surface area contributed by atoms with Gasteiger partial charge in [0.2, 0.25) is 0 Å². The van der Waals surface area contributed by atoms with Crippen LogP contribution in [-0.2, 0) is 4.74 Å². The second kappa shape index (κ2) is 5.84. The number of hydrogen-bond donors (Lipinski definition) is 1. The fraction of sp³-hybridized carbons (Fsp3) is 0.929. The van der Waals surface area contributed by atoms with E-state index in [1.807, 2.05) is 0 Å². The molecule has 0 spiro atoms. The monoisotopic (exact) mass is 236 g/mol. The molecule has 1 saturated carbocycles. The lowest BCUT2D eigenvalue weighted by atomic mass is 9.94. The van der Waals surface area contributed by atoms with Gasteiger partial charge in [0, 0.05) is 18.7 Å². The summed E-state index contributed by atoms with van der Waals surface area (Å²) >= 11 is 0. The summed E-state index contributed by atoms with van der Waals surface area (Å²) in [5, 5.41) is 12.8. The van der Waals surface area contributed by atoms with Crippen LogP contribution in [0.5, 0.6) is 0 Å². The summed E-state index contributed by atoms with van der Waals surface area (Å²) in [6.07, 6.45) is 6.03. The Hall–Kier alpha value is -0.590. The minimum Gasteiger partial charge on any atom is -0.378 e. The van der Waals surface area contributed by atoms with Crippen LogP contribution in [0.15, 0.2) is 0 Å². The molecule has 2 aliphatic rings. The lowest BCUT2D eigenvalue weighted by Gasteiger charge is -2.34. The maximum Gasteiger partial charge on any atom is 0.0672 e. The average Bonchev–Trinajstić information content (AvgIpc) is 2.76. The smallest absolute Gasteiger partial charge is 0.0672 e. The van der Waals surface area contributed by atoms with E-state index in [4.69, 9.17) is 10.00 Å². The van der Waals surface area contributed by atoms with Crippen LogP contribution in [0, 0.1) is 23.2 Å². The summed E-state index contributed by atoms with van der Waals surface area (Å²) in [5.41, 5.74) is 0. The van der Waals surface area contributed by atoms with E-state index < -0.39 is 0 Å². The average molecular weight is 236 g/mol. The van der Waals surface area contributed by atoms with Crippen LogP contribution >= 0.6 is 0 Å². The molecule has 0 aromatic rings. The van der Waals surface area contributed by atoms with Gasteiger partial charge < -0.3 is 10.1 Å². The van der Waals surface area contributed by atoms with Crippen LogP contribution < -0.4 is 5.32 Å². The SMILES string of the molecule is CC(C)C1CC(NC2CCCC2C#N)CCO1. The third-order valence-electron chi connectivity index (χ3n) is 4.19. The lowest BCUT2D eigenvalue weighted by molar-refractivity contribution is -0.0262. The van der Waals surface area contributed by atoms with Crippen molar-refractivity contribution in [2.45, 2.75) is 64.1 Å². The Kier molecular flexibility index (Phi) is 4.42. The quantitative estimate of drug-likeness (QED) is 0.818. The van der Waals surface area contributed by atoms with Gasteiger partial charge in [0.05, 0.1) is 18.1 Å². The molecule has 2 fully saturated rings. The van der Waals surface area contributed by atoms with Crippen molar-refractivity contribution in [1.29, 1.82) is 5.26 Å². The standard InChI is InChI=1S/C14H24N2O/c1-10(2)14-8-12(6-7-17-14)16-13-5-3-4-11(13)9-15/h10-14,16H,3-8H2,1-2H3. The minimum absolute atomic E-state index is 0.232. The number of nitrogens with one attached hydrogen (secondary N) is 1. The van der Waals surface area contributed by atoms with E-state index in [1.54, 1.807) is 0 Å². The van der Waals surface area contributed by atoms with E-state index >= 15 is 0 Å². The van der Waals surface area contributed by atoms with Gasteiger partial charge >= 0.3 is 0 Å². The Morgan fingerprint density at radius 2 is 2.12 bits per heavy atom. The van der Waals surface area contributed by atoms with Gasteiger partial charge in [0.1, 0.15) is 0 Å². The first-order chi connectivity index (χ1) is 8.20. The van der Waals surface area contributed by atoms with Gasteiger partial charge in [-0.2, -0.15) is 5.26 Å². The van der Waals surface area contributed by atoms with E-state index in [0.29, 0.717) is 24.1 Å². The molecule has 1 aliphatic carbocycles. The first kappa shape index (κ1) is 12.9. The molecule has 3 heteroatoms. The highest BCUT2D eigenvalue weighted by Crippen LogP contribution is 2.27. The maximum absolute atomic E-state index is 9.09. The third-order valence-corrected chi connectivity index (χ3v) is 4.19. The van der Waals surface area contributed by atoms with E-state index in [-0.39, 0.29) is 5.92 Å². The van der Waals surface area contributed by atoms with Gasteiger partial charge in [-0.1, -0.05) is 20.3 Å². The number of rotatable bonds is 3. The fourth-order valence-electron chi connectivity index (χ4n) is 3.06. The number of hydrogen-bond acceptors (Lipinski definition) is 3. The third kappa shape index (κ3) is 3.20. The Labute approximate surface area is 105 Å². The van der Waals surface area contributed by atoms with Crippen LogP contribution in [0.3, 0.4) is 0 Å². The van der Waals surface area contributed by atoms with Gasteiger partial charge in [0.15, 0.2) is 0 Å². The number of nitrogens with zero attached hydrogens (tertiary/aromatic N) is 1. The highest BCUT2D eigenvalue weighted by molar-refractivity contribution is 4.98. The molecule has 17 heavy (non-hydrogen) atoms. The number of ether oxygens (including phenoxy) is 1. The first-order valence-electron chi connectivity index (χ1n) is 6.98. The molecule has 2 rings (SSSR count). The Morgan fingerprint density at radius 1 is 1.29 bits per heavy atom. The van der Waals surface area contributed by atoms with Gasteiger partial charge in [-0.05, 0) is 31.6 Å². The summed E-state index contributed by atoms with van der Waals surface area (Å²) in [5.74, 6) is 0.824. The molecule has 1 N–H and O–H groups in total. The summed E-state index contributed by atoms with van der Waals surface area (Å²) in [4.78, 5) is 0. The zero-order valence-electron chi connectivity index (χ0n) is 11.0. The van der Waals surface area contributed by atoms with Crippen molar-refractivity contribution in [2.24, 2.45) is 11.8 Å². The maximum atomic E-state index is 9.09. The Morgan fingerprint density at radius 3 is 2.82 bits per heavy atom. The van der Waals surface area contributed by atoms with Gasteiger partial charge in [0.25, 0.3) is 0 Å². The van der Waals surface area contributed by atoms with Crippen molar-refractivity contribution in [3.05, 3.63) is 0 Å². The van der Waals surface area contributed by atoms with Crippen molar-refractivity contribution < 1.29 is 4.74 Å². The molecule has 1 heterocycles. The van der Waals surface area contributed by atoms with Gasteiger partial charge in [-0.3, -0.25) is 0 Å². The largest absolute Gasteiger partial charge is 0.378 e. The normalized spacial score (nSPS) is 38.2. The van der Waals surface area contributed by atoms with Gasteiger partial charge in [-0.25, -0.2) is 0 Å². The molecule has 0 aromatic carbocycles. The molecule has 4 atom stereocenters. The molecular formula is C14H24N2O. The molecule has 0 bridgehead atoms. The van der Waals surface area contributed by atoms with E-state index in [0.717, 1.165) is 25.9 Å². The van der Waals surface area contributed by atoms with Crippen LogP contribution in [0.1, 0.15) is 46.0 Å². The number of nitriles is 1. The Bertz CT molecular complexity index is 284. The van der Waals surface area contributed by atoms with Crippen LogP contribution in [-0.4, -0.2) is 24.8 Å². The fourth-order valence-corrected chi connectivity index (χ4v) is 3.06. The zero-order valence-corrected chi connectivity index (χ0v) is 11.0. The topological polar surface area (TPSA) is 45.0 Å². The molecule has 1 aliphatic heterocycles. The predicted molar refractivity (Wildman–Crippen MR) is 67.5 cm³/mol. The molecule has 3 nitrogen and oxygen atoms in total. The molecule has 0 aromatic heterocycles. The van der Waals surface area contributed by atoms with Crippen molar-refractivity contribution in [1.82, 2.24) is 5.32 Å². The van der Waals surface area contributed by atoms with E-state index in [9.17, 15) is 0 Å². The van der Waals surface area contributed by atoms with Crippen LogP contribution in [0.25, 0.3) is 0 Å². The van der Waals surface area contributed by atoms with Crippen LogP contribution in [0.2, 0.25) is 0 Å². The summed E-state index contributed by atoms with van der Waals surface area (Å²) in [6, 6.07) is 3.42. The predicted octanol–water partition coefficient (Wildman–Crippen LogP) is 2.47. The molecule has 96 valence electrons. The van der Waals surface area contributed by atoms with E-state index in [1.165, 1.54) is 12.8 Å². The molecule has 1 saturated heterocycles. The van der Waals surface area contributed by atoms with Crippen molar-refractivity contribution in [3.63, 3.8) is 0 Å². The van der Waals surface area contributed by atoms with Crippen molar-refractivity contribution in [2.75, 3.05) is 6.61 Å². The zero-order chi connectivity index (χ0) is 12.3. The second-order valence-corrected chi connectivity index (χ2v) is 5.81. The first-order valence-corrected chi connectivity index (χ1v) is 6.98.